The maximum Gasteiger partial charge on any atom is 0.416 e. The van der Waals surface area contributed by atoms with Gasteiger partial charge in [-0.25, -0.2) is 4.68 Å². The van der Waals surface area contributed by atoms with Crippen LogP contribution in [0, 0.1) is 11.3 Å². The smallest absolute Gasteiger partial charge is 0.241 e. The monoisotopic (exact) mass is 251 g/mol. The van der Waals surface area contributed by atoms with E-state index >= 15 is 0 Å². The van der Waals surface area contributed by atoms with Crippen molar-refractivity contribution in [3.05, 3.63) is 47.8 Å². The first-order valence-corrected chi connectivity index (χ1v) is 5.09. The third kappa shape index (κ3) is 2.51. The van der Waals surface area contributed by atoms with E-state index in [4.69, 9.17) is 5.26 Å². The van der Waals surface area contributed by atoms with E-state index in [9.17, 15) is 13.2 Å². The van der Waals surface area contributed by atoms with Gasteiger partial charge < -0.3 is 0 Å². The van der Waals surface area contributed by atoms with Gasteiger partial charge in [0.2, 0.25) is 0 Å². The highest BCUT2D eigenvalue weighted by Gasteiger charge is 2.29. The molecule has 0 radical (unpaired) electrons. The van der Waals surface area contributed by atoms with Crippen molar-refractivity contribution in [1.82, 2.24) is 9.78 Å². The molecular formula is C12H8F3N3. The summed E-state index contributed by atoms with van der Waals surface area (Å²) in [4.78, 5) is 0. The van der Waals surface area contributed by atoms with Gasteiger partial charge in [0.15, 0.2) is 0 Å². The van der Waals surface area contributed by atoms with Crippen molar-refractivity contribution in [2.75, 3.05) is 0 Å². The molecule has 0 amide bonds. The number of aromatic nitrogens is 2. The Morgan fingerprint density at radius 3 is 2.44 bits per heavy atom. The molecule has 0 saturated heterocycles. The minimum Gasteiger partial charge on any atom is -0.241 e. The van der Waals surface area contributed by atoms with Crippen molar-refractivity contribution in [1.29, 1.82) is 5.26 Å². The average molecular weight is 251 g/mol. The lowest BCUT2D eigenvalue weighted by molar-refractivity contribution is -0.137. The Hall–Kier alpha value is -2.29. The van der Waals surface area contributed by atoms with Gasteiger partial charge in [0.05, 0.1) is 29.9 Å². The van der Waals surface area contributed by atoms with E-state index in [1.807, 2.05) is 6.07 Å². The predicted octanol–water partition coefficient (Wildman–Crippen LogP) is 2.96. The average Bonchev–Trinajstić information content (AvgIpc) is 2.77. The number of nitriles is 1. The molecule has 2 aromatic rings. The first kappa shape index (κ1) is 12.2. The number of hydrogen-bond acceptors (Lipinski definition) is 2. The molecule has 0 N–H and O–H groups in total. The van der Waals surface area contributed by atoms with E-state index in [1.165, 1.54) is 23.0 Å². The normalized spacial score (nSPS) is 11.2. The van der Waals surface area contributed by atoms with E-state index in [0.717, 1.165) is 17.7 Å². The lowest BCUT2D eigenvalue weighted by Gasteiger charge is -2.07. The number of rotatable bonds is 2. The molecule has 6 heteroatoms. The van der Waals surface area contributed by atoms with Gasteiger partial charge in [-0.1, -0.05) is 0 Å². The fourth-order valence-electron chi connectivity index (χ4n) is 1.49. The number of alkyl halides is 3. The van der Waals surface area contributed by atoms with Crippen LogP contribution in [-0.2, 0) is 12.6 Å². The van der Waals surface area contributed by atoms with Crippen LogP contribution in [0.3, 0.4) is 0 Å². The van der Waals surface area contributed by atoms with Crippen molar-refractivity contribution in [2.45, 2.75) is 12.6 Å². The van der Waals surface area contributed by atoms with Crippen LogP contribution in [0.5, 0.6) is 0 Å². The molecule has 0 saturated carbocycles. The van der Waals surface area contributed by atoms with Gasteiger partial charge in [-0.05, 0) is 24.3 Å². The highest BCUT2D eigenvalue weighted by atomic mass is 19.4. The highest BCUT2D eigenvalue weighted by molar-refractivity contribution is 5.35. The van der Waals surface area contributed by atoms with Crippen LogP contribution < -0.4 is 0 Å². The third-order valence-corrected chi connectivity index (χ3v) is 2.38. The summed E-state index contributed by atoms with van der Waals surface area (Å²) in [6.07, 6.45) is -0.984. The van der Waals surface area contributed by atoms with Crippen LogP contribution >= 0.6 is 0 Å². The second-order valence-electron chi connectivity index (χ2n) is 3.67. The zero-order valence-corrected chi connectivity index (χ0v) is 9.15. The Bertz CT molecular complexity index is 576. The Labute approximate surface area is 101 Å². The molecular weight excluding hydrogens is 243 g/mol. The summed E-state index contributed by atoms with van der Waals surface area (Å²) in [5.74, 6) is 0. The number of hydrogen-bond donors (Lipinski definition) is 0. The SMILES string of the molecule is N#CCc1cnn(-c2ccc(C(F)(F)F)cc2)c1. The summed E-state index contributed by atoms with van der Waals surface area (Å²) < 4.78 is 38.5. The molecule has 18 heavy (non-hydrogen) atoms. The van der Waals surface area contributed by atoms with Gasteiger partial charge in [-0.2, -0.15) is 23.5 Å². The summed E-state index contributed by atoms with van der Waals surface area (Å²) >= 11 is 0. The molecule has 0 unspecified atom stereocenters. The largest absolute Gasteiger partial charge is 0.416 e. The quantitative estimate of drug-likeness (QED) is 0.823. The Balaban J connectivity index is 2.26. The minimum atomic E-state index is -4.34. The van der Waals surface area contributed by atoms with Crippen molar-refractivity contribution < 1.29 is 13.2 Å². The van der Waals surface area contributed by atoms with Gasteiger partial charge in [0.25, 0.3) is 0 Å². The molecule has 1 heterocycles. The highest BCUT2D eigenvalue weighted by Crippen LogP contribution is 2.29. The molecule has 0 aliphatic heterocycles. The van der Waals surface area contributed by atoms with Crippen LogP contribution in [0.25, 0.3) is 5.69 Å². The van der Waals surface area contributed by atoms with Gasteiger partial charge in [0, 0.05) is 11.8 Å². The van der Waals surface area contributed by atoms with E-state index in [-0.39, 0.29) is 6.42 Å². The van der Waals surface area contributed by atoms with E-state index in [0.29, 0.717) is 5.69 Å². The molecule has 0 bridgehead atoms. The van der Waals surface area contributed by atoms with Gasteiger partial charge in [-0.15, -0.1) is 0 Å². The summed E-state index contributed by atoms with van der Waals surface area (Å²) in [5.41, 5.74) is 0.542. The fourth-order valence-corrected chi connectivity index (χ4v) is 1.49. The molecule has 0 spiro atoms. The Morgan fingerprint density at radius 2 is 1.89 bits per heavy atom. The molecule has 1 aromatic carbocycles. The number of halogens is 3. The topological polar surface area (TPSA) is 41.6 Å². The molecule has 2 rings (SSSR count). The Morgan fingerprint density at radius 1 is 1.22 bits per heavy atom. The molecule has 0 fully saturated rings. The number of nitrogens with zero attached hydrogens (tertiary/aromatic N) is 3. The summed E-state index contributed by atoms with van der Waals surface area (Å²) in [5, 5.41) is 12.5. The first-order valence-electron chi connectivity index (χ1n) is 5.09. The summed E-state index contributed by atoms with van der Waals surface area (Å²) in [7, 11) is 0. The first-order chi connectivity index (χ1) is 8.50. The summed E-state index contributed by atoms with van der Waals surface area (Å²) in [6, 6.07) is 6.66. The van der Waals surface area contributed by atoms with Crippen LogP contribution in [0.1, 0.15) is 11.1 Å². The van der Waals surface area contributed by atoms with Gasteiger partial charge in [0.1, 0.15) is 0 Å². The van der Waals surface area contributed by atoms with Gasteiger partial charge in [-0.3, -0.25) is 0 Å². The molecule has 0 atom stereocenters. The predicted molar refractivity (Wildman–Crippen MR) is 57.9 cm³/mol. The standard InChI is InChI=1S/C12H8F3N3/c13-12(14,15)10-1-3-11(4-2-10)18-8-9(5-6-16)7-17-18/h1-4,7-8H,5H2. The zero-order chi connectivity index (χ0) is 13.2. The van der Waals surface area contributed by atoms with Crippen molar-refractivity contribution in [3.8, 4) is 11.8 Å². The van der Waals surface area contributed by atoms with Crippen LogP contribution in [0.15, 0.2) is 36.7 Å². The van der Waals surface area contributed by atoms with Crippen molar-refractivity contribution in [3.63, 3.8) is 0 Å². The number of benzene rings is 1. The molecule has 0 aliphatic rings. The van der Waals surface area contributed by atoms with E-state index < -0.39 is 11.7 Å². The molecule has 92 valence electrons. The zero-order valence-electron chi connectivity index (χ0n) is 9.15. The molecule has 1 aromatic heterocycles. The summed E-state index contributed by atoms with van der Waals surface area (Å²) in [6.45, 7) is 0. The molecule has 0 aliphatic carbocycles. The maximum atomic E-state index is 12.4. The third-order valence-electron chi connectivity index (χ3n) is 2.38. The molecule has 3 nitrogen and oxygen atoms in total. The maximum absolute atomic E-state index is 12.4. The van der Waals surface area contributed by atoms with Crippen molar-refractivity contribution in [2.24, 2.45) is 0 Å². The van der Waals surface area contributed by atoms with E-state index in [2.05, 4.69) is 5.10 Å². The van der Waals surface area contributed by atoms with Gasteiger partial charge >= 0.3 is 6.18 Å². The van der Waals surface area contributed by atoms with Crippen LogP contribution in [0.4, 0.5) is 13.2 Å². The fraction of sp³-hybridized carbons (Fsp3) is 0.167. The lowest BCUT2D eigenvalue weighted by atomic mass is 10.2. The van der Waals surface area contributed by atoms with Crippen molar-refractivity contribution >= 4 is 0 Å². The van der Waals surface area contributed by atoms with Crippen LogP contribution in [0.2, 0.25) is 0 Å². The second-order valence-corrected chi connectivity index (χ2v) is 3.67. The second kappa shape index (κ2) is 4.53. The lowest BCUT2D eigenvalue weighted by Crippen LogP contribution is -2.05. The van der Waals surface area contributed by atoms with E-state index in [1.54, 1.807) is 6.20 Å². The Kier molecular flexibility index (Phi) is 3.06. The van der Waals surface area contributed by atoms with Crippen LogP contribution in [-0.4, -0.2) is 9.78 Å². The minimum absolute atomic E-state index is 0.223.